The van der Waals surface area contributed by atoms with Crippen molar-refractivity contribution in [2.75, 3.05) is 13.7 Å². The smallest absolute Gasteiger partial charge is 0.407 e. The number of amides is 1. The van der Waals surface area contributed by atoms with Gasteiger partial charge in [-0.1, -0.05) is 0 Å². The highest BCUT2D eigenvalue weighted by Gasteiger charge is 2.31. The van der Waals surface area contributed by atoms with Gasteiger partial charge in [0.05, 0.1) is 18.8 Å². The van der Waals surface area contributed by atoms with E-state index in [1.54, 1.807) is 0 Å². The molecule has 18 heavy (non-hydrogen) atoms. The third-order valence-electron chi connectivity index (χ3n) is 2.71. The molecule has 0 unspecified atom stereocenters. The minimum Gasteiger partial charge on any atom is -0.475 e. The van der Waals surface area contributed by atoms with Crippen LogP contribution in [0.25, 0.3) is 0 Å². The molecule has 1 aromatic heterocycles. The van der Waals surface area contributed by atoms with Crippen LogP contribution in [0.5, 0.6) is 5.88 Å². The van der Waals surface area contributed by atoms with Gasteiger partial charge in [-0.05, 0) is 0 Å². The monoisotopic (exact) mass is 276 g/mol. The fraction of sp³-hybridized carbons (Fsp3) is 0.500. The molecule has 1 aliphatic rings. The van der Waals surface area contributed by atoms with Gasteiger partial charge in [0.25, 0.3) is 0 Å². The summed E-state index contributed by atoms with van der Waals surface area (Å²) < 4.78 is 29.0. The van der Waals surface area contributed by atoms with Gasteiger partial charge in [-0.15, -0.1) is 0 Å². The Morgan fingerprint density at radius 2 is 2.39 bits per heavy atom. The number of carboxylic acid groups (broad SMARTS) is 1. The number of hydrogen-bond donors (Lipinski definition) is 2. The Morgan fingerprint density at radius 3 is 2.94 bits per heavy atom. The lowest BCUT2D eigenvalue weighted by Crippen LogP contribution is -2.45. The summed E-state index contributed by atoms with van der Waals surface area (Å²) >= 11 is 0. The third kappa shape index (κ3) is 2.11. The van der Waals surface area contributed by atoms with E-state index in [1.807, 2.05) is 0 Å². The molecule has 0 radical (unpaired) electrons. The summed E-state index contributed by atoms with van der Waals surface area (Å²) in [5.41, 5.74) is 0. The van der Waals surface area contributed by atoms with Gasteiger partial charge in [-0.2, -0.15) is 5.10 Å². The van der Waals surface area contributed by atoms with Crippen molar-refractivity contribution < 1.29 is 23.1 Å². The summed E-state index contributed by atoms with van der Waals surface area (Å²) in [6.45, 7) is 0.269. The van der Waals surface area contributed by atoms with Crippen molar-refractivity contribution in [3.63, 3.8) is 0 Å². The molecule has 0 spiro atoms. The van der Waals surface area contributed by atoms with Gasteiger partial charge in [-0.3, -0.25) is 0 Å². The van der Waals surface area contributed by atoms with Gasteiger partial charge >= 0.3 is 6.09 Å². The fourth-order valence-electron chi connectivity index (χ4n) is 1.65. The second kappa shape index (κ2) is 4.14. The van der Waals surface area contributed by atoms with Gasteiger partial charge in [-0.25, -0.2) is 23.0 Å². The topological polar surface area (TPSA) is 128 Å². The van der Waals surface area contributed by atoms with Crippen molar-refractivity contribution >= 4 is 16.1 Å². The number of sulfonamides is 1. The Balaban J connectivity index is 2.28. The summed E-state index contributed by atoms with van der Waals surface area (Å²) in [4.78, 5) is 11.7. The predicted octanol–water partition coefficient (Wildman–Crippen LogP) is -1.10. The number of rotatable bonds is 2. The number of aromatic nitrogens is 2. The van der Waals surface area contributed by atoms with Gasteiger partial charge in [0, 0.05) is 7.05 Å². The Kier molecular flexibility index (Phi) is 2.91. The molecule has 9 nitrogen and oxygen atoms in total. The lowest BCUT2D eigenvalue weighted by atomic mass is 10.2. The predicted molar refractivity (Wildman–Crippen MR) is 58.7 cm³/mol. The number of likely N-dealkylation sites (N-methyl/N-ethyl adjacent to an activating group) is 1. The Morgan fingerprint density at radius 1 is 1.72 bits per heavy atom. The number of fused-ring (bicyclic) bond motifs is 1. The summed E-state index contributed by atoms with van der Waals surface area (Å²) in [6, 6.07) is -0.428. The quantitative estimate of drug-likeness (QED) is 0.705. The molecule has 1 amide bonds. The largest absolute Gasteiger partial charge is 0.475 e. The number of nitrogens with two attached hydrogens (primary N) is 1. The average Bonchev–Trinajstić information content (AvgIpc) is 2.69. The highest BCUT2D eigenvalue weighted by Crippen LogP contribution is 2.26. The van der Waals surface area contributed by atoms with Crippen LogP contribution in [0, 0.1) is 0 Å². The van der Waals surface area contributed by atoms with E-state index < -0.39 is 22.2 Å². The zero-order chi connectivity index (χ0) is 13.5. The minimum absolute atomic E-state index is 0.0486. The maximum Gasteiger partial charge on any atom is 0.407 e. The molecular weight excluding hydrogens is 264 g/mol. The van der Waals surface area contributed by atoms with E-state index in [9.17, 15) is 13.2 Å². The molecule has 0 aliphatic carbocycles. The van der Waals surface area contributed by atoms with Gasteiger partial charge in [0.2, 0.25) is 15.9 Å². The zero-order valence-corrected chi connectivity index (χ0v) is 10.3. The molecule has 0 saturated carbocycles. The van der Waals surface area contributed by atoms with E-state index in [-0.39, 0.29) is 23.9 Å². The van der Waals surface area contributed by atoms with Gasteiger partial charge < -0.3 is 14.7 Å². The van der Waals surface area contributed by atoms with Crippen molar-refractivity contribution in [3.05, 3.63) is 6.20 Å². The van der Waals surface area contributed by atoms with E-state index in [2.05, 4.69) is 5.10 Å². The van der Waals surface area contributed by atoms with Gasteiger partial charge in [0.1, 0.15) is 6.61 Å². The van der Waals surface area contributed by atoms with Gasteiger partial charge in [0.15, 0.2) is 4.90 Å². The van der Waals surface area contributed by atoms with Crippen LogP contribution >= 0.6 is 0 Å². The normalized spacial score (nSPS) is 18.9. The number of hydrogen-bond acceptors (Lipinski definition) is 5. The maximum atomic E-state index is 11.2. The summed E-state index contributed by atoms with van der Waals surface area (Å²) in [7, 11) is -2.49. The van der Waals surface area contributed by atoms with E-state index in [4.69, 9.17) is 15.0 Å². The first-order chi connectivity index (χ1) is 8.30. The van der Waals surface area contributed by atoms with Crippen LogP contribution in [0.3, 0.4) is 0 Å². The standard InChI is InChI=1S/C8H12N4O5S/c1-11(8(13)14)5-3-12-7(17-4-5)6(2-10-12)18(9,15)16/h2,5H,3-4H2,1H3,(H,13,14)(H2,9,15,16)/t5-/m1/s1. The molecule has 10 heteroatoms. The number of nitrogens with zero attached hydrogens (tertiary/aromatic N) is 3. The van der Waals surface area contributed by atoms with Crippen molar-refractivity contribution in [2.45, 2.75) is 17.5 Å². The summed E-state index contributed by atoms with van der Waals surface area (Å²) in [6.07, 6.45) is -0.000696. The van der Waals surface area contributed by atoms with Crippen molar-refractivity contribution in [1.82, 2.24) is 14.7 Å². The first-order valence-corrected chi connectivity index (χ1v) is 6.52. The van der Waals surface area contributed by atoms with E-state index >= 15 is 0 Å². The molecule has 3 N–H and O–H groups in total. The highest BCUT2D eigenvalue weighted by molar-refractivity contribution is 7.89. The zero-order valence-electron chi connectivity index (χ0n) is 9.48. The van der Waals surface area contributed by atoms with Crippen molar-refractivity contribution in [2.24, 2.45) is 5.14 Å². The summed E-state index contributed by atoms with van der Waals surface area (Å²) in [5, 5.41) is 17.7. The molecule has 1 atom stereocenters. The molecule has 100 valence electrons. The molecule has 0 aromatic carbocycles. The molecule has 1 aromatic rings. The second-order valence-electron chi connectivity index (χ2n) is 3.90. The molecule has 0 fully saturated rings. The minimum atomic E-state index is -3.89. The van der Waals surface area contributed by atoms with Crippen LogP contribution in [0.4, 0.5) is 4.79 Å². The molecule has 0 saturated heterocycles. The molecule has 1 aliphatic heterocycles. The highest BCUT2D eigenvalue weighted by atomic mass is 32.2. The maximum absolute atomic E-state index is 11.2. The van der Waals surface area contributed by atoms with Crippen LogP contribution in [-0.2, 0) is 16.6 Å². The Labute approximate surface area is 103 Å². The van der Waals surface area contributed by atoms with E-state index in [0.29, 0.717) is 0 Å². The first-order valence-electron chi connectivity index (χ1n) is 4.98. The lowest BCUT2D eigenvalue weighted by molar-refractivity contribution is 0.0873. The Hall–Kier alpha value is -1.81. The second-order valence-corrected chi connectivity index (χ2v) is 5.43. The SMILES string of the molecule is CN(C(=O)O)[C@H]1COc2c(S(N)(=O)=O)cnn2C1. The van der Waals surface area contributed by atoms with Crippen LogP contribution in [0.15, 0.2) is 11.1 Å². The molecule has 2 heterocycles. The average molecular weight is 276 g/mol. The number of carbonyl (C=O) groups is 1. The number of ether oxygens (including phenoxy) is 1. The molecule has 2 rings (SSSR count). The van der Waals surface area contributed by atoms with Crippen LogP contribution < -0.4 is 9.88 Å². The fourth-order valence-corrected chi connectivity index (χ4v) is 2.25. The van der Waals surface area contributed by atoms with Crippen molar-refractivity contribution in [1.29, 1.82) is 0 Å². The lowest BCUT2D eigenvalue weighted by Gasteiger charge is -2.29. The summed E-state index contributed by atoms with van der Waals surface area (Å²) in [5.74, 6) is 0.0486. The van der Waals surface area contributed by atoms with Crippen LogP contribution in [0.1, 0.15) is 0 Å². The number of primary sulfonamides is 1. The third-order valence-corrected chi connectivity index (χ3v) is 3.60. The first kappa shape index (κ1) is 12.6. The van der Waals surface area contributed by atoms with Crippen molar-refractivity contribution in [3.8, 4) is 5.88 Å². The molecular formula is C8H12N4O5S. The van der Waals surface area contributed by atoms with Crippen LogP contribution in [0.2, 0.25) is 0 Å². The van der Waals surface area contributed by atoms with E-state index in [1.165, 1.54) is 11.7 Å². The van der Waals surface area contributed by atoms with E-state index in [0.717, 1.165) is 11.1 Å². The van der Waals surface area contributed by atoms with Crippen LogP contribution in [-0.4, -0.2) is 54.0 Å². The Bertz CT molecular complexity index is 580. The molecule has 0 bridgehead atoms.